The Bertz CT molecular complexity index is 1680. The minimum absolute atomic E-state index is 0. The van der Waals surface area contributed by atoms with Gasteiger partial charge in [0.05, 0.1) is 26.1 Å². The van der Waals surface area contributed by atoms with E-state index in [4.69, 9.17) is 38.7 Å². The number of carbonyl (C=O) groups excluding carboxylic acids is 3. The number of hydrogen-bond donors (Lipinski definition) is 4. The van der Waals surface area contributed by atoms with Gasteiger partial charge >= 0.3 is 29.8 Å². The molecule has 3 aromatic rings. The Kier molecular flexibility index (Phi) is 37.6. The van der Waals surface area contributed by atoms with Crippen LogP contribution in [0, 0.1) is 20.8 Å². The van der Waals surface area contributed by atoms with E-state index in [9.17, 15) is 29.1 Å². The molecule has 0 bridgehead atoms. The van der Waals surface area contributed by atoms with Crippen molar-refractivity contribution in [2.24, 2.45) is 0 Å². The van der Waals surface area contributed by atoms with Crippen LogP contribution in [0.4, 0.5) is 9.15 Å². The van der Waals surface area contributed by atoms with Crippen molar-refractivity contribution in [3.8, 4) is 17.2 Å². The van der Waals surface area contributed by atoms with Gasteiger partial charge in [-0.2, -0.15) is 0 Å². The van der Waals surface area contributed by atoms with Gasteiger partial charge in [-0.3, -0.25) is 9.59 Å². The first kappa shape index (κ1) is 60.2. The Morgan fingerprint density at radius 1 is 0.579 bits per heavy atom. The Balaban J connectivity index is -0.000000214. The van der Waals surface area contributed by atoms with Gasteiger partial charge in [-0.15, -0.1) is 0 Å². The summed E-state index contributed by atoms with van der Waals surface area (Å²) in [6.45, 7) is 13.5. The summed E-state index contributed by atoms with van der Waals surface area (Å²) >= 11 is 0. The summed E-state index contributed by atoms with van der Waals surface area (Å²) in [5.41, 5.74) is 3.08. The van der Waals surface area contributed by atoms with Crippen LogP contribution >= 0.6 is 0 Å². The molecule has 12 nitrogen and oxygen atoms in total. The second-order valence-corrected chi connectivity index (χ2v) is 10.8. The first-order valence-corrected chi connectivity index (χ1v) is 16.8. The van der Waals surface area contributed by atoms with E-state index in [1.165, 1.54) is 18.2 Å². The van der Waals surface area contributed by atoms with Gasteiger partial charge in [0.15, 0.2) is 0 Å². The molecule has 0 saturated heterocycles. The number of aliphatic carboxylic acids is 1. The number of aromatic carboxylic acids is 1. The monoisotopic (exact) mass is 808 g/mol. The Labute approximate surface area is 336 Å². The molecule has 3 rings (SSSR count). The molecule has 0 fully saturated rings. The molecule has 0 radical (unpaired) electrons. The summed E-state index contributed by atoms with van der Waals surface area (Å²) in [5, 5.41) is 35.1. The molecule has 0 aromatic heterocycles. The van der Waals surface area contributed by atoms with Crippen molar-refractivity contribution < 1.29 is 67.8 Å². The number of allylic oxidation sites excluding steroid dienone is 2. The molecule has 4 N–H and O–H groups in total. The fourth-order valence-corrected chi connectivity index (χ4v) is 3.80. The van der Waals surface area contributed by atoms with Crippen LogP contribution in [0.25, 0.3) is 0 Å². The van der Waals surface area contributed by atoms with Gasteiger partial charge in [0.25, 0.3) is 0 Å². The van der Waals surface area contributed by atoms with Crippen molar-refractivity contribution in [1.29, 1.82) is 0 Å². The van der Waals surface area contributed by atoms with Crippen LogP contribution in [0.2, 0.25) is 0 Å². The van der Waals surface area contributed by atoms with E-state index in [0.717, 1.165) is 29.5 Å². The lowest BCUT2D eigenvalue weighted by molar-refractivity contribution is -0.136. The van der Waals surface area contributed by atoms with Crippen molar-refractivity contribution in [2.75, 3.05) is 13.2 Å². The lowest BCUT2D eigenvalue weighted by Crippen LogP contribution is -2.12. The van der Waals surface area contributed by atoms with Gasteiger partial charge in [-0.05, 0) is 101 Å². The quantitative estimate of drug-likeness (QED) is 0.0769. The number of benzene rings is 3. The fraction of sp³-hybridized carbons (Fsp3) is 0.372. The van der Waals surface area contributed by atoms with E-state index < -0.39 is 29.8 Å². The van der Waals surface area contributed by atoms with Crippen LogP contribution in [0.1, 0.15) is 123 Å². The lowest BCUT2D eigenvalue weighted by atomic mass is 10.1. The van der Waals surface area contributed by atoms with E-state index in [2.05, 4.69) is 0 Å². The summed E-state index contributed by atoms with van der Waals surface area (Å²) in [4.78, 5) is 54.9. The fourth-order valence-electron chi connectivity index (χ4n) is 3.80. The first-order valence-electron chi connectivity index (χ1n) is 16.8. The van der Waals surface area contributed by atoms with Crippen molar-refractivity contribution in [2.45, 2.75) is 96.4 Å². The van der Waals surface area contributed by atoms with Crippen molar-refractivity contribution in [3.05, 3.63) is 112 Å². The minimum atomic E-state index is -1.11. The lowest BCUT2D eigenvalue weighted by Gasteiger charge is -2.09. The molecule has 0 aliphatic rings. The highest BCUT2D eigenvalue weighted by Gasteiger charge is 2.16. The minimum Gasteiger partial charge on any atom is -0.507 e. The highest BCUT2D eigenvalue weighted by atomic mass is 20.0. The zero-order valence-corrected chi connectivity index (χ0v) is 31.6. The molecule has 0 atom stereocenters. The second kappa shape index (κ2) is 35.6. The third kappa shape index (κ3) is 27.2. The van der Waals surface area contributed by atoms with E-state index in [-0.39, 0.29) is 75.7 Å². The Hall–Kier alpha value is -6.05. The van der Waals surface area contributed by atoms with Gasteiger partial charge in [0.2, 0.25) is 0 Å². The number of ether oxygens (including phenoxy) is 3. The third-order valence-electron chi connectivity index (χ3n) is 6.27. The van der Waals surface area contributed by atoms with Gasteiger partial charge in [0, 0.05) is 9.15 Å². The summed E-state index contributed by atoms with van der Waals surface area (Å²) in [5.74, 6) is -3.21. The van der Waals surface area contributed by atoms with Crippen molar-refractivity contribution >= 4 is 29.8 Å². The normalized spacial score (nSPS) is 9.28. The molecule has 0 unspecified atom stereocenters. The van der Waals surface area contributed by atoms with E-state index >= 15 is 0 Å². The maximum Gasteiger partial charge on any atom is 0.341 e. The number of aromatic hydroxyl groups is 2. The number of halogens is 2. The summed E-state index contributed by atoms with van der Waals surface area (Å²) in [6.07, 6.45) is 9.25. The average molecular weight is 809 g/mol. The number of rotatable bonds is 12. The molecule has 57 heavy (non-hydrogen) atoms. The summed E-state index contributed by atoms with van der Waals surface area (Å²) in [7, 11) is 0. The maximum atomic E-state index is 11.8. The molecular weight excluding hydrogens is 746 g/mol. The molecule has 3 aromatic carbocycles. The van der Waals surface area contributed by atoms with Gasteiger partial charge < -0.3 is 34.6 Å². The standard InChI is InChI=1S/C16H20O4.C10H12O3.C8H8O3.C6H10O2.3CH4.F2/c1-4-6-7-8-15(17)20-14-11-12(3)9-10-13(14)16(18)19-5-2;1-3-13-10(12)8-5-4-7(2)6-9(8)11;1-5-2-3-6(8(10)11)7(9)4-5;1-2-3-4-5-6(7)8;;;;1-2/h6-7,9-11H,4-5,8H2,1-3H3;4-6,11H,3H2,1-2H3;2-4,9H,1H3,(H,10,11);3-4H,2,5H2,1H3,(H,7,8);3*1H4;/b7-6-;;;4-3-;;;;. The van der Waals surface area contributed by atoms with Crippen LogP contribution in [0.15, 0.2) is 78.9 Å². The van der Waals surface area contributed by atoms with Crippen LogP contribution in [-0.4, -0.2) is 63.5 Å². The van der Waals surface area contributed by atoms with Crippen LogP contribution in [-0.2, 0) is 19.1 Å². The smallest absolute Gasteiger partial charge is 0.341 e. The number of carboxylic acids is 2. The van der Waals surface area contributed by atoms with E-state index in [0.29, 0.717) is 6.61 Å². The highest BCUT2D eigenvalue weighted by Crippen LogP contribution is 2.22. The zero-order valence-electron chi connectivity index (χ0n) is 31.6. The molecule has 0 saturated carbocycles. The molecular formula is C43H62F2O12. The second-order valence-electron chi connectivity index (χ2n) is 10.8. The number of carbonyl (C=O) groups is 5. The van der Waals surface area contributed by atoms with Crippen molar-refractivity contribution in [3.63, 3.8) is 0 Å². The summed E-state index contributed by atoms with van der Waals surface area (Å²) < 4.78 is 30.9. The average Bonchev–Trinajstić information content (AvgIpc) is 3.10. The van der Waals surface area contributed by atoms with Crippen LogP contribution < -0.4 is 4.74 Å². The molecule has 0 spiro atoms. The highest BCUT2D eigenvalue weighted by molar-refractivity contribution is 5.94. The molecule has 320 valence electrons. The number of hydrogen-bond acceptors (Lipinski definition) is 10. The molecule has 0 heterocycles. The molecule has 0 aliphatic heterocycles. The van der Waals surface area contributed by atoms with Gasteiger partial charge in [-0.25, -0.2) is 14.4 Å². The SMILES string of the molecule is C.C.C.CC/C=C\CC(=O)O.CC/C=C\CC(=O)Oc1cc(C)ccc1C(=O)OCC.CCOC(=O)c1ccc(C)cc1O.Cc1ccc(C(=O)O)c(O)c1.FF. The Morgan fingerprint density at radius 3 is 1.35 bits per heavy atom. The van der Waals surface area contributed by atoms with Crippen LogP contribution in [0.5, 0.6) is 17.2 Å². The van der Waals surface area contributed by atoms with Gasteiger partial charge in [-0.1, -0.05) is 78.6 Å². The maximum absolute atomic E-state index is 11.8. The number of phenols is 2. The number of aryl methyl sites for hydroxylation is 3. The Morgan fingerprint density at radius 2 is 0.965 bits per heavy atom. The predicted octanol–water partition coefficient (Wildman–Crippen LogP) is 10.9. The largest absolute Gasteiger partial charge is 0.507 e. The summed E-state index contributed by atoms with van der Waals surface area (Å²) in [6, 6.07) is 14.3. The van der Waals surface area contributed by atoms with Crippen molar-refractivity contribution in [1.82, 2.24) is 0 Å². The predicted molar refractivity (Wildman–Crippen MR) is 220 cm³/mol. The number of esters is 3. The van der Waals surface area contributed by atoms with E-state index in [1.54, 1.807) is 69.3 Å². The molecule has 0 aliphatic carbocycles. The third-order valence-corrected chi connectivity index (χ3v) is 6.27. The zero-order chi connectivity index (χ0) is 41.6. The topological polar surface area (TPSA) is 194 Å². The number of phenolic OH excluding ortho intramolecular Hbond substituents is 1. The molecule has 0 amide bonds. The first-order chi connectivity index (χ1) is 25.6. The van der Waals surface area contributed by atoms with E-state index in [1.807, 2.05) is 39.8 Å². The number of carboxylic acid groups (broad SMARTS) is 2. The van der Waals surface area contributed by atoms with Gasteiger partial charge in [0.1, 0.15) is 33.9 Å². The molecule has 14 heteroatoms. The van der Waals surface area contributed by atoms with Crippen LogP contribution in [0.3, 0.4) is 0 Å².